The van der Waals surface area contributed by atoms with Crippen LogP contribution in [0.1, 0.15) is 24.0 Å². The molecule has 1 aromatic rings. The van der Waals surface area contributed by atoms with Crippen molar-refractivity contribution in [2.75, 3.05) is 39.8 Å². The second-order valence-electron chi connectivity index (χ2n) is 6.24. The molecule has 2 heterocycles. The lowest BCUT2D eigenvalue weighted by Crippen LogP contribution is -2.49. The number of hydrogen-bond donors (Lipinski definition) is 1. The van der Waals surface area contributed by atoms with Crippen LogP contribution in [-0.2, 0) is 13.0 Å². The molecule has 3 rings (SSSR count). The molecule has 1 aromatic carbocycles. The first-order valence-electron chi connectivity index (χ1n) is 8.04. The quantitative estimate of drug-likeness (QED) is 0.881. The van der Waals surface area contributed by atoms with E-state index >= 15 is 0 Å². The standard InChI is InChI=1S/C17H27N3/c1-18-9-8-15-4-6-16(7-5-15)13-19-11-12-20-10-2-3-17(20)14-19/h4-7,17-18H,2-3,8-14H2,1H3. The fourth-order valence-corrected chi connectivity index (χ4v) is 3.54. The van der Waals surface area contributed by atoms with Crippen LogP contribution in [0.3, 0.4) is 0 Å². The van der Waals surface area contributed by atoms with Gasteiger partial charge in [0.2, 0.25) is 0 Å². The third kappa shape index (κ3) is 3.40. The largest absolute Gasteiger partial charge is 0.319 e. The van der Waals surface area contributed by atoms with E-state index < -0.39 is 0 Å². The van der Waals surface area contributed by atoms with E-state index in [1.807, 2.05) is 7.05 Å². The number of piperazine rings is 1. The minimum absolute atomic E-state index is 0.832. The zero-order chi connectivity index (χ0) is 13.8. The Hall–Kier alpha value is -0.900. The number of nitrogens with zero attached hydrogens (tertiary/aromatic N) is 2. The van der Waals surface area contributed by atoms with Crippen LogP contribution >= 0.6 is 0 Å². The van der Waals surface area contributed by atoms with E-state index in [9.17, 15) is 0 Å². The normalized spacial score (nSPS) is 23.9. The maximum Gasteiger partial charge on any atom is 0.0234 e. The van der Waals surface area contributed by atoms with Crippen LogP contribution in [0.5, 0.6) is 0 Å². The summed E-state index contributed by atoms with van der Waals surface area (Å²) in [5.74, 6) is 0. The van der Waals surface area contributed by atoms with Crippen molar-refractivity contribution in [1.82, 2.24) is 15.1 Å². The summed E-state index contributed by atoms with van der Waals surface area (Å²) >= 11 is 0. The SMILES string of the molecule is CNCCc1ccc(CN2CCN3CCCC3C2)cc1. The van der Waals surface area contributed by atoms with Gasteiger partial charge in [0.05, 0.1) is 0 Å². The number of fused-ring (bicyclic) bond motifs is 1. The van der Waals surface area contributed by atoms with Gasteiger partial charge in [0.1, 0.15) is 0 Å². The maximum absolute atomic E-state index is 3.20. The van der Waals surface area contributed by atoms with Crippen molar-refractivity contribution >= 4 is 0 Å². The predicted molar refractivity (Wildman–Crippen MR) is 83.9 cm³/mol. The Bertz CT molecular complexity index is 415. The minimum Gasteiger partial charge on any atom is -0.319 e. The molecule has 1 N–H and O–H groups in total. The van der Waals surface area contributed by atoms with Crippen molar-refractivity contribution in [2.45, 2.75) is 31.8 Å². The highest BCUT2D eigenvalue weighted by molar-refractivity contribution is 5.22. The van der Waals surface area contributed by atoms with Gasteiger partial charge in [-0.3, -0.25) is 9.80 Å². The Morgan fingerprint density at radius 3 is 2.70 bits per heavy atom. The van der Waals surface area contributed by atoms with Gasteiger partial charge in [-0.05, 0) is 50.5 Å². The Labute approximate surface area is 123 Å². The summed E-state index contributed by atoms with van der Waals surface area (Å²) in [6.45, 7) is 7.28. The van der Waals surface area contributed by atoms with E-state index in [4.69, 9.17) is 0 Å². The third-order valence-electron chi connectivity index (χ3n) is 4.76. The van der Waals surface area contributed by atoms with E-state index in [-0.39, 0.29) is 0 Å². The van der Waals surface area contributed by atoms with Gasteiger partial charge < -0.3 is 5.32 Å². The predicted octanol–water partition coefficient (Wildman–Crippen LogP) is 1.73. The molecule has 0 aliphatic carbocycles. The van der Waals surface area contributed by atoms with E-state index in [1.165, 1.54) is 50.1 Å². The molecule has 0 amide bonds. The highest BCUT2D eigenvalue weighted by Gasteiger charge is 2.30. The van der Waals surface area contributed by atoms with Gasteiger partial charge in [-0.25, -0.2) is 0 Å². The van der Waals surface area contributed by atoms with Crippen molar-refractivity contribution in [3.05, 3.63) is 35.4 Å². The van der Waals surface area contributed by atoms with Crippen LogP contribution in [0, 0.1) is 0 Å². The number of rotatable bonds is 5. The van der Waals surface area contributed by atoms with Gasteiger partial charge in [0.15, 0.2) is 0 Å². The zero-order valence-corrected chi connectivity index (χ0v) is 12.6. The second-order valence-corrected chi connectivity index (χ2v) is 6.24. The van der Waals surface area contributed by atoms with Crippen LogP contribution in [0.25, 0.3) is 0 Å². The molecule has 2 fully saturated rings. The van der Waals surface area contributed by atoms with Crippen molar-refractivity contribution < 1.29 is 0 Å². The molecule has 1 unspecified atom stereocenters. The second kappa shape index (κ2) is 6.70. The number of benzene rings is 1. The van der Waals surface area contributed by atoms with Crippen molar-refractivity contribution in [3.8, 4) is 0 Å². The molecule has 20 heavy (non-hydrogen) atoms. The van der Waals surface area contributed by atoms with Gasteiger partial charge in [0.25, 0.3) is 0 Å². The van der Waals surface area contributed by atoms with Crippen molar-refractivity contribution in [1.29, 1.82) is 0 Å². The smallest absolute Gasteiger partial charge is 0.0234 e. The Morgan fingerprint density at radius 1 is 1.10 bits per heavy atom. The van der Waals surface area contributed by atoms with Crippen LogP contribution in [0.4, 0.5) is 0 Å². The lowest BCUT2D eigenvalue weighted by molar-refractivity contribution is 0.0994. The van der Waals surface area contributed by atoms with Crippen LogP contribution < -0.4 is 5.32 Å². The van der Waals surface area contributed by atoms with Gasteiger partial charge in [0, 0.05) is 32.2 Å². The molecule has 0 aromatic heterocycles. The Balaban J connectivity index is 1.52. The third-order valence-corrected chi connectivity index (χ3v) is 4.76. The fourth-order valence-electron chi connectivity index (χ4n) is 3.54. The molecule has 110 valence electrons. The monoisotopic (exact) mass is 273 g/mol. The molecule has 1 atom stereocenters. The first kappa shape index (κ1) is 14.1. The lowest BCUT2D eigenvalue weighted by atomic mass is 10.1. The molecule has 2 aliphatic rings. The molecule has 2 aliphatic heterocycles. The van der Waals surface area contributed by atoms with Crippen LogP contribution in [0.15, 0.2) is 24.3 Å². The highest BCUT2D eigenvalue weighted by atomic mass is 15.3. The minimum atomic E-state index is 0.832. The molecule has 0 spiro atoms. The maximum atomic E-state index is 3.20. The summed E-state index contributed by atoms with van der Waals surface area (Å²) in [6.07, 6.45) is 3.93. The molecular formula is C17H27N3. The topological polar surface area (TPSA) is 18.5 Å². The van der Waals surface area contributed by atoms with Gasteiger partial charge in [-0.15, -0.1) is 0 Å². The summed E-state index contributed by atoms with van der Waals surface area (Å²) in [5, 5.41) is 3.20. The van der Waals surface area contributed by atoms with Gasteiger partial charge in [-0.2, -0.15) is 0 Å². The summed E-state index contributed by atoms with van der Waals surface area (Å²) in [4.78, 5) is 5.31. The van der Waals surface area contributed by atoms with Crippen LogP contribution in [-0.4, -0.2) is 55.6 Å². The van der Waals surface area contributed by atoms with E-state index in [2.05, 4.69) is 39.4 Å². The average Bonchev–Trinajstić information content (AvgIpc) is 2.94. The summed E-state index contributed by atoms with van der Waals surface area (Å²) < 4.78 is 0. The summed E-state index contributed by atoms with van der Waals surface area (Å²) in [7, 11) is 2.01. The first-order chi connectivity index (χ1) is 9.85. The van der Waals surface area contributed by atoms with E-state index in [0.29, 0.717) is 0 Å². The van der Waals surface area contributed by atoms with Gasteiger partial charge >= 0.3 is 0 Å². The number of likely N-dealkylation sites (N-methyl/N-ethyl adjacent to an activating group) is 1. The molecule has 0 saturated carbocycles. The zero-order valence-electron chi connectivity index (χ0n) is 12.6. The Kier molecular flexibility index (Phi) is 4.71. The number of hydrogen-bond acceptors (Lipinski definition) is 3. The molecule has 0 radical (unpaired) electrons. The molecule has 3 nitrogen and oxygen atoms in total. The fraction of sp³-hybridized carbons (Fsp3) is 0.647. The van der Waals surface area contributed by atoms with Gasteiger partial charge in [-0.1, -0.05) is 24.3 Å². The summed E-state index contributed by atoms with van der Waals surface area (Å²) in [6, 6.07) is 10.0. The van der Waals surface area contributed by atoms with E-state index in [0.717, 1.165) is 25.6 Å². The first-order valence-corrected chi connectivity index (χ1v) is 8.04. The van der Waals surface area contributed by atoms with Crippen molar-refractivity contribution in [3.63, 3.8) is 0 Å². The summed E-state index contributed by atoms with van der Waals surface area (Å²) in [5.41, 5.74) is 2.90. The lowest BCUT2D eigenvalue weighted by Gasteiger charge is -2.37. The highest BCUT2D eigenvalue weighted by Crippen LogP contribution is 2.22. The Morgan fingerprint density at radius 2 is 1.90 bits per heavy atom. The van der Waals surface area contributed by atoms with Crippen molar-refractivity contribution in [2.24, 2.45) is 0 Å². The number of nitrogens with one attached hydrogen (secondary N) is 1. The molecule has 2 saturated heterocycles. The molecule has 0 bridgehead atoms. The van der Waals surface area contributed by atoms with Crippen LogP contribution in [0.2, 0.25) is 0 Å². The molecule has 3 heteroatoms. The molecular weight excluding hydrogens is 246 g/mol. The van der Waals surface area contributed by atoms with E-state index in [1.54, 1.807) is 0 Å². The average molecular weight is 273 g/mol.